The first-order valence-corrected chi connectivity index (χ1v) is 8.20. The van der Waals surface area contributed by atoms with Crippen molar-refractivity contribution in [2.45, 2.75) is 44.2 Å². The van der Waals surface area contributed by atoms with Gasteiger partial charge >= 0.3 is 5.97 Å². The van der Waals surface area contributed by atoms with Gasteiger partial charge in [0.05, 0.1) is 22.1 Å². The SMILES string of the molecule is Cc1ccc(C(=O)NC2CCOC3(C2)CC(C(=O)O)C3)c(Cl)c1. The molecule has 1 heterocycles. The zero-order valence-electron chi connectivity index (χ0n) is 13.0. The van der Waals surface area contributed by atoms with Crippen molar-refractivity contribution in [3.8, 4) is 0 Å². The van der Waals surface area contributed by atoms with Crippen LogP contribution >= 0.6 is 11.6 Å². The molecule has 0 bridgehead atoms. The number of carboxylic acids is 1. The van der Waals surface area contributed by atoms with E-state index in [0.717, 1.165) is 12.0 Å². The highest BCUT2D eigenvalue weighted by Gasteiger charge is 2.51. The van der Waals surface area contributed by atoms with Gasteiger partial charge in [-0.3, -0.25) is 9.59 Å². The van der Waals surface area contributed by atoms with Crippen LogP contribution in [0.4, 0.5) is 0 Å². The molecule has 23 heavy (non-hydrogen) atoms. The molecule has 2 fully saturated rings. The summed E-state index contributed by atoms with van der Waals surface area (Å²) in [6, 6.07) is 5.34. The van der Waals surface area contributed by atoms with Crippen molar-refractivity contribution < 1.29 is 19.4 Å². The van der Waals surface area contributed by atoms with E-state index in [1.807, 2.05) is 13.0 Å². The first-order chi connectivity index (χ1) is 10.9. The molecule has 1 saturated carbocycles. The summed E-state index contributed by atoms with van der Waals surface area (Å²) < 4.78 is 5.80. The van der Waals surface area contributed by atoms with E-state index in [1.54, 1.807) is 12.1 Å². The normalized spacial score (nSPS) is 29.8. The summed E-state index contributed by atoms with van der Waals surface area (Å²) in [6.45, 7) is 2.46. The Morgan fingerprint density at radius 1 is 1.35 bits per heavy atom. The molecule has 1 spiro atoms. The maximum absolute atomic E-state index is 12.4. The number of hydrogen-bond acceptors (Lipinski definition) is 3. The number of halogens is 1. The summed E-state index contributed by atoms with van der Waals surface area (Å²) in [5.74, 6) is -1.28. The Bertz CT molecular complexity index is 639. The molecule has 1 amide bonds. The second-order valence-electron chi connectivity index (χ2n) is 6.62. The first kappa shape index (κ1) is 16.3. The molecule has 1 saturated heterocycles. The molecule has 124 valence electrons. The van der Waals surface area contributed by atoms with Crippen molar-refractivity contribution >= 4 is 23.5 Å². The summed E-state index contributed by atoms with van der Waals surface area (Å²) in [5, 5.41) is 12.5. The van der Waals surface area contributed by atoms with Gasteiger partial charge < -0.3 is 15.2 Å². The fourth-order valence-electron chi connectivity index (χ4n) is 3.52. The summed E-state index contributed by atoms with van der Waals surface area (Å²) in [4.78, 5) is 23.4. The van der Waals surface area contributed by atoms with Crippen molar-refractivity contribution in [2.24, 2.45) is 5.92 Å². The molecule has 2 aliphatic rings. The smallest absolute Gasteiger partial charge is 0.306 e. The third kappa shape index (κ3) is 3.35. The molecule has 0 aromatic heterocycles. The van der Waals surface area contributed by atoms with Crippen LogP contribution in [0.15, 0.2) is 18.2 Å². The molecule has 2 N–H and O–H groups in total. The summed E-state index contributed by atoms with van der Waals surface area (Å²) in [6.07, 6.45) is 2.45. The van der Waals surface area contributed by atoms with Crippen molar-refractivity contribution in [3.63, 3.8) is 0 Å². The molecule has 1 aliphatic carbocycles. The highest BCUT2D eigenvalue weighted by Crippen LogP contribution is 2.46. The number of carbonyl (C=O) groups is 2. The lowest BCUT2D eigenvalue weighted by Gasteiger charge is -2.50. The van der Waals surface area contributed by atoms with Crippen LogP contribution in [0.25, 0.3) is 0 Å². The van der Waals surface area contributed by atoms with Crippen LogP contribution in [0.3, 0.4) is 0 Å². The number of carboxylic acid groups (broad SMARTS) is 1. The third-order valence-electron chi connectivity index (χ3n) is 4.78. The fraction of sp³-hybridized carbons (Fsp3) is 0.529. The fourth-order valence-corrected chi connectivity index (χ4v) is 3.84. The van der Waals surface area contributed by atoms with Gasteiger partial charge in [-0.25, -0.2) is 0 Å². The van der Waals surface area contributed by atoms with E-state index in [1.165, 1.54) is 0 Å². The van der Waals surface area contributed by atoms with Gasteiger partial charge in [-0.15, -0.1) is 0 Å². The predicted octanol–water partition coefficient (Wildman–Crippen LogP) is 2.79. The van der Waals surface area contributed by atoms with Gasteiger partial charge in [0, 0.05) is 12.6 Å². The predicted molar refractivity (Wildman–Crippen MR) is 85.7 cm³/mol. The molecular weight excluding hydrogens is 318 g/mol. The summed E-state index contributed by atoms with van der Waals surface area (Å²) in [7, 11) is 0. The van der Waals surface area contributed by atoms with E-state index in [9.17, 15) is 9.59 Å². The van der Waals surface area contributed by atoms with Gasteiger partial charge in [0.25, 0.3) is 5.91 Å². The van der Waals surface area contributed by atoms with E-state index < -0.39 is 5.97 Å². The Balaban J connectivity index is 1.62. The second-order valence-corrected chi connectivity index (χ2v) is 7.03. The maximum atomic E-state index is 12.4. The second kappa shape index (κ2) is 6.13. The molecule has 1 atom stereocenters. The largest absolute Gasteiger partial charge is 0.481 e. The Morgan fingerprint density at radius 3 is 2.74 bits per heavy atom. The number of benzene rings is 1. The molecule has 1 aliphatic heterocycles. The topological polar surface area (TPSA) is 75.6 Å². The molecular formula is C17H20ClNO4. The van der Waals surface area contributed by atoms with Crippen molar-refractivity contribution in [3.05, 3.63) is 34.3 Å². The van der Waals surface area contributed by atoms with E-state index in [0.29, 0.717) is 36.5 Å². The van der Waals surface area contributed by atoms with Gasteiger partial charge in [0.15, 0.2) is 0 Å². The quantitative estimate of drug-likeness (QED) is 0.889. The number of carbonyl (C=O) groups excluding carboxylic acids is 1. The first-order valence-electron chi connectivity index (χ1n) is 7.82. The number of rotatable bonds is 3. The Labute approximate surface area is 140 Å². The minimum absolute atomic E-state index is 0.0108. The average Bonchev–Trinajstić information content (AvgIpc) is 2.44. The summed E-state index contributed by atoms with van der Waals surface area (Å²) in [5.41, 5.74) is 1.09. The highest BCUT2D eigenvalue weighted by molar-refractivity contribution is 6.33. The van der Waals surface area contributed by atoms with Crippen LogP contribution in [0.5, 0.6) is 0 Å². The van der Waals surface area contributed by atoms with Crippen LogP contribution in [-0.2, 0) is 9.53 Å². The number of hydrogen-bond donors (Lipinski definition) is 2. The Kier molecular flexibility index (Phi) is 4.34. The molecule has 1 aromatic carbocycles. The van der Waals surface area contributed by atoms with E-state index in [2.05, 4.69) is 5.32 Å². The van der Waals surface area contributed by atoms with Crippen LogP contribution in [-0.4, -0.2) is 35.2 Å². The van der Waals surface area contributed by atoms with Crippen LogP contribution in [0, 0.1) is 12.8 Å². The zero-order chi connectivity index (χ0) is 16.6. The lowest BCUT2D eigenvalue weighted by molar-refractivity contribution is -0.181. The lowest BCUT2D eigenvalue weighted by Crippen LogP contribution is -2.56. The highest BCUT2D eigenvalue weighted by atomic mass is 35.5. The van der Waals surface area contributed by atoms with Gasteiger partial charge in [0.1, 0.15) is 0 Å². The molecule has 1 aromatic rings. The van der Waals surface area contributed by atoms with Gasteiger partial charge in [0.2, 0.25) is 0 Å². The van der Waals surface area contributed by atoms with Crippen LogP contribution < -0.4 is 5.32 Å². The van der Waals surface area contributed by atoms with Crippen LogP contribution in [0.2, 0.25) is 5.02 Å². The standard InChI is InChI=1S/C17H20ClNO4/c1-10-2-3-13(14(18)6-10)15(20)19-12-4-5-23-17(9-12)7-11(8-17)16(21)22/h2-3,6,11-12H,4-5,7-9H2,1H3,(H,19,20)(H,21,22). The monoisotopic (exact) mass is 337 g/mol. The number of ether oxygens (including phenoxy) is 1. The number of amides is 1. The summed E-state index contributed by atoms with van der Waals surface area (Å²) >= 11 is 6.14. The Hall–Kier alpha value is -1.59. The van der Waals surface area contributed by atoms with Crippen molar-refractivity contribution in [1.29, 1.82) is 0 Å². The van der Waals surface area contributed by atoms with Gasteiger partial charge in [-0.1, -0.05) is 17.7 Å². The van der Waals surface area contributed by atoms with E-state index in [-0.39, 0.29) is 23.5 Å². The average molecular weight is 338 g/mol. The molecule has 3 rings (SSSR count). The zero-order valence-corrected chi connectivity index (χ0v) is 13.7. The number of nitrogens with one attached hydrogen (secondary N) is 1. The molecule has 5 nitrogen and oxygen atoms in total. The van der Waals surface area contributed by atoms with Gasteiger partial charge in [-0.05, 0) is 50.3 Å². The minimum atomic E-state index is -0.767. The van der Waals surface area contributed by atoms with Gasteiger partial charge in [-0.2, -0.15) is 0 Å². The lowest BCUT2D eigenvalue weighted by atomic mass is 9.66. The van der Waals surface area contributed by atoms with E-state index >= 15 is 0 Å². The number of aryl methyl sites for hydroxylation is 1. The maximum Gasteiger partial charge on any atom is 0.306 e. The Morgan fingerprint density at radius 2 is 2.09 bits per heavy atom. The third-order valence-corrected chi connectivity index (χ3v) is 5.10. The van der Waals surface area contributed by atoms with E-state index in [4.69, 9.17) is 21.4 Å². The molecule has 0 radical (unpaired) electrons. The van der Waals surface area contributed by atoms with Crippen molar-refractivity contribution in [1.82, 2.24) is 5.32 Å². The minimum Gasteiger partial charge on any atom is -0.481 e. The number of aliphatic carboxylic acids is 1. The molecule has 6 heteroatoms. The van der Waals surface area contributed by atoms with Crippen LogP contribution in [0.1, 0.15) is 41.6 Å². The molecule has 1 unspecified atom stereocenters. The van der Waals surface area contributed by atoms with Crippen molar-refractivity contribution in [2.75, 3.05) is 6.61 Å².